The molecule has 3 N–H and O–H groups in total. The monoisotopic (exact) mass is 328 g/mol. The minimum Gasteiger partial charge on any atom is -0.497 e. The van der Waals surface area contributed by atoms with Gasteiger partial charge >= 0.3 is 0 Å². The number of rotatable bonds is 8. The fraction of sp³-hybridized carbons (Fsp3) is 0.316. The Hall–Kier alpha value is -2.53. The van der Waals surface area contributed by atoms with Gasteiger partial charge in [0.05, 0.1) is 13.7 Å². The van der Waals surface area contributed by atoms with Crippen molar-refractivity contribution in [1.82, 2.24) is 5.32 Å². The lowest BCUT2D eigenvalue weighted by molar-refractivity contribution is -0.122. The Balaban J connectivity index is 1.69. The van der Waals surface area contributed by atoms with E-state index < -0.39 is 6.04 Å². The number of benzene rings is 2. The average Bonchev–Trinajstić information content (AvgIpc) is 2.61. The van der Waals surface area contributed by atoms with Crippen molar-refractivity contribution < 1.29 is 14.3 Å². The zero-order valence-electron chi connectivity index (χ0n) is 14.1. The van der Waals surface area contributed by atoms with Crippen molar-refractivity contribution in [3.8, 4) is 11.5 Å². The smallest absolute Gasteiger partial charge is 0.241 e. The van der Waals surface area contributed by atoms with E-state index in [1.54, 1.807) is 7.11 Å². The molecule has 0 bridgehead atoms. The van der Waals surface area contributed by atoms with E-state index in [0.29, 0.717) is 19.6 Å². The van der Waals surface area contributed by atoms with Gasteiger partial charge in [-0.15, -0.1) is 0 Å². The van der Waals surface area contributed by atoms with Gasteiger partial charge in [-0.25, -0.2) is 0 Å². The first-order valence-electron chi connectivity index (χ1n) is 7.97. The third-order valence-electron chi connectivity index (χ3n) is 3.65. The van der Waals surface area contributed by atoms with Crippen LogP contribution in [0.5, 0.6) is 11.5 Å². The van der Waals surface area contributed by atoms with E-state index >= 15 is 0 Å². The molecule has 0 fully saturated rings. The molecule has 0 spiro atoms. The maximum Gasteiger partial charge on any atom is 0.241 e. The van der Waals surface area contributed by atoms with Gasteiger partial charge < -0.3 is 20.5 Å². The summed E-state index contributed by atoms with van der Waals surface area (Å²) < 4.78 is 10.8. The van der Waals surface area contributed by atoms with Crippen LogP contribution in [0.3, 0.4) is 0 Å². The highest BCUT2D eigenvalue weighted by molar-refractivity contribution is 5.82. The van der Waals surface area contributed by atoms with Crippen LogP contribution < -0.4 is 20.5 Å². The Morgan fingerprint density at radius 3 is 2.58 bits per heavy atom. The van der Waals surface area contributed by atoms with E-state index in [0.717, 1.165) is 22.6 Å². The largest absolute Gasteiger partial charge is 0.497 e. The minimum atomic E-state index is -0.648. The summed E-state index contributed by atoms with van der Waals surface area (Å²) in [6.07, 6.45) is 0.698. The number of hydrogen-bond acceptors (Lipinski definition) is 4. The first-order valence-corrected chi connectivity index (χ1v) is 7.97. The number of methoxy groups -OCH3 is 1. The SMILES string of the molecule is COc1cccc(OCCCNC(=O)C(N)c2ccc(C)cc2)c1. The van der Waals surface area contributed by atoms with E-state index in [-0.39, 0.29) is 5.91 Å². The summed E-state index contributed by atoms with van der Waals surface area (Å²) in [5, 5.41) is 2.84. The quantitative estimate of drug-likeness (QED) is 0.731. The van der Waals surface area contributed by atoms with Gasteiger partial charge in [0.2, 0.25) is 5.91 Å². The summed E-state index contributed by atoms with van der Waals surface area (Å²) in [5.41, 5.74) is 7.92. The maximum atomic E-state index is 12.1. The predicted molar refractivity (Wildman–Crippen MR) is 94.2 cm³/mol. The van der Waals surface area contributed by atoms with Crippen molar-refractivity contribution in [3.63, 3.8) is 0 Å². The van der Waals surface area contributed by atoms with E-state index in [1.807, 2.05) is 55.5 Å². The Labute approximate surface area is 142 Å². The first kappa shape index (κ1) is 17.8. The van der Waals surface area contributed by atoms with Crippen molar-refractivity contribution in [1.29, 1.82) is 0 Å². The molecule has 0 heterocycles. The van der Waals surface area contributed by atoms with Crippen LogP contribution >= 0.6 is 0 Å². The standard InChI is InChI=1S/C19H24N2O3/c1-14-7-9-15(10-8-14)18(20)19(22)21-11-4-12-24-17-6-3-5-16(13-17)23-2/h3,5-10,13,18H,4,11-12,20H2,1-2H3,(H,21,22). The normalized spacial score (nSPS) is 11.6. The highest BCUT2D eigenvalue weighted by Gasteiger charge is 2.14. The topological polar surface area (TPSA) is 73.6 Å². The van der Waals surface area contributed by atoms with Gasteiger partial charge in [0.1, 0.15) is 17.5 Å². The number of ether oxygens (including phenoxy) is 2. The molecule has 1 unspecified atom stereocenters. The van der Waals surface area contributed by atoms with Gasteiger partial charge in [0.25, 0.3) is 0 Å². The van der Waals surface area contributed by atoms with Crippen LogP contribution in [0, 0.1) is 6.92 Å². The molecule has 0 aliphatic heterocycles. The second-order valence-corrected chi connectivity index (χ2v) is 5.56. The van der Waals surface area contributed by atoms with Crippen molar-refractivity contribution in [2.45, 2.75) is 19.4 Å². The number of carbonyl (C=O) groups excluding carboxylic acids is 1. The molecule has 0 aliphatic carbocycles. The fourth-order valence-electron chi connectivity index (χ4n) is 2.20. The zero-order chi connectivity index (χ0) is 17.4. The van der Waals surface area contributed by atoms with Gasteiger partial charge in [-0.3, -0.25) is 4.79 Å². The fourth-order valence-corrected chi connectivity index (χ4v) is 2.20. The number of hydrogen-bond donors (Lipinski definition) is 2. The molecule has 2 aromatic rings. The molecule has 0 saturated heterocycles. The number of nitrogens with two attached hydrogens (primary N) is 1. The van der Waals surface area contributed by atoms with Gasteiger partial charge in [-0.05, 0) is 31.0 Å². The summed E-state index contributed by atoms with van der Waals surface area (Å²) in [5.74, 6) is 1.32. The van der Waals surface area contributed by atoms with Crippen LogP contribution in [0.1, 0.15) is 23.6 Å². The predicted octanol–water partition coefficient (Wildman–Crippen LogP) is 2.59. The lowest BCUT2D eigenvalue weighted by atomic mass is 10.1. The van der Waals surface area contributed by atoms with Crippen LogP contribution in [-0.2, 0) is 4.79 Å². The van der Waals surface area contributed by atoms with Gasteiger partial charge in [0, 0.05) is 12.6 Å². The number of aryl methyl sites for hydroxylation is 1. The lowest BCUT2D eigenvalue weighted by Gasteiger charge is -2.13. The summed E-state index contributed by atoms with van der Waals surface area (Å²) in [4.78, 5) is 12.1. The van der Waals surface area contributed by atoms with E-state index in [2.05, 4.69) is 5.32 Å². The van der Waals surface area contributed by atoms with Gasteiger partial charge in [-0.1, -0.05) is 35.9 Å². The summed E-state index contributed by atoms with van der Waals surface area (Å²) >= 11 is 0. The Bertz CT molecular complexity index is 656. The molecule has 5 heteroatoms. The molecule has 1 amide bonds. The van der Waals surface area contributed by atoms with Crippen molar-refractivity contribution in [3.05, 3.63) is 59.7 Å². The molecule has 0 radical (unpaired) electrons. The molecular formula is C19H24N2O3. The van der Waals surface area contributed by atoms with Gasteiger partial charge in [-0.2, -0.15) is 0 Å². The van der Waals surface area contributed by atoms with Crippen LogP contribution in [0.25, 0.3) is 0 Å². The Kier molecular flexibility index (Phi) is 6.63. The second-order valence-electron chi connectivity index (χ2n) is 5.56. The summed E-state index contributed by atoms with van der Waals surface area (Å²) in [6, 6.07) is 14.4. The molecule has 0 aliphatic rings. The molecule has 0 aromatic heterocycles. The molecule has 24 heavy (non-hydrogen) atoms. The summed E-state index contributed by atoms with van der Waals surface area (Å²) in [6.45, 7) is 3.02. The molecule has 128 valence electrons. The van der Waals surface area contributed by atoms with Crippen LogP contribution in [0.15, 0.2) is 48.5 Å². The van der Waals surface area contributed by atoms with E-state index in [4.69, 9.17) is 15.2 Å². The van der Waals surface area contributed by atoms with Crippen LogP contribution in [0.2, 0.25) is 0 Å². The third kappa shape index (κ3) is 5.28. The Morgan fingerprint density at radius 1 is 1.17 bits per heavy atom. The van der Waals surface area contributed by atoms with Crippen molar-refractivity contribution >= 4 is 5.91 Å². The van der Waals surface area contributed by atoms with Crippen molar-refractivity contribution in [2.24, 2.45) is 5.73 Å². The number of nitrogens with one attached hydrogen (secondary N) is 1. The lowest BCUT2D eigenvalue weighted by Crippen LogP contribution is -2.35. The zero-order valence-corrected chi connectivity index (χ0v) is 14.1. The first-order chi connectivity index (χ1) is 11.6. The molecule has 2 rings (SSSR count). The van der Waals surface area contributed by atoms with E-state index in [9.17, 15) is 4.79 Å². The molecule has 5 nitrogen and oxygen atoms in total. The highest BCUT2D eigenvalue weighted by Crippen LogP contribution is 2.18. The Morgan fingerprint density at radius 2 is 1.88 bits per heavy atom. The highest BCUT2D eigenvalue weighted by atomic mass is 16.5. The number of carbonyl (C=O) groups is 1. The third-order valence-corrected chi connectivity index (χ3v) is 3.65. The molecule has 1 atom stereocenters. The van der Waals surface area contributed by atoms with Crippen molar-refractivity contribution in [2.75, 3.05) is 20.3 Å². The van der Waals surface area contributed by atoms with E-state index in [1.165, 1.54) is 0 Å². The molecule has 0 saturated carbocycles. The second kappa shape index (κ2) is 8.93. The summed E-state index contributed by atoms with van der Waals surface area (Å²) in [7, 11) is 1.62. The van der Waals surface area contributed by atoms with Crippen LogP contribution in [0.4, 0.5) is 0 Å². The average molecular weight is 328 g/mol. The maximum absolute atomic E-state index is 12.1. The molecular weight excluding hydrogens is 304 g/mol. The van der Waals surface area contributed by atoms with Crippen LogP contribution in [-0.4, -0.2) is 26.2 Å². The minimum absolute atomic E-state index is 0.180. The molecule has 2 aromatic carbocycles. The van der Waals surface area contributed by atoms with Gasteiger partial charge in [0.15, 0.2) is 0 Å². The number of amides is 1.